The zero-order chi connectivity index (χ0) is 39.1. The van der Waals surface area contributed by atoms with Crippen LogP contribution < -0.4 is 0 Å². The Morgan fingerprint density at radius 2 is 1.02 bits per heavy atom. The number of fused-ring (bicyclic) bond motifs is 17. The Kier molecular flexibility index (Phi) is 6.20. The van der Waals surface area contributed by atoms with Gasteiger partial charge >= 0.3 is 0 Å². The molecule has 0 fully saturated rings. The maximum absolute atomic E-state index is 6.95. The molecule has 14 rings (SSSR count). The summed E-state index contributed by atoms with van der Waals surface area (Å²) >= 11 is 0. The molecule has 0 N–H and O–H groups in total. The van der Waals surface area contributed by atoms with Gasteiger partial charge in [0.15, 0.2) is 11.4 Å². The molecule has 0 spiro atoms. The summed E-state index contributed by atoms with van der Waals surface area (Å²) in [6.07, 6.45) is 0. The first kappa shape index (κ1) is 31.8. The van der Waals surface area contributed by atoms with Gasteiger partial charge < -0.3 is 17.8 Å². The highest BCUT2D eigenvalue weighted by atomic mass is 16.3. The van der Waals surface area contributed by atoms with Crippen molar-refractivity contribution in [2.45, 2.75) is 0 Å². The van der Waals surface area contributed by atoms with E-state index >= 15 is 0 Å². The van der Waals surface area contributed by atoms with Gasteiger partial charge in [0.05, 0.1) is 16.4 Å². The van der Waals surface area contributed by atoms with E-state index in [9.17, 15) is 0 Å². The Morgan fingerprint density at radius 3 is 1.88 bits per heavy atom. The summed E-state index contributed by atoms with van der Waals surface area (Å²) in [6, 6.07) is 61.4. The van der Waals surface area contributed by atoms with Gasteiger partial charge in [-0.25, -0.2) is 9.97 Å². The SMILES string of the molecule is c1ccc(-c2nc(-c3ccc4oc5c6ccccc6c6c7cc(-n8c9ccccc9c9cc%10ccccc%10cc98)ccc7oc6c5c4c3)nc3c2oc2ccccc23)cc1. The molecule has 0 radical (unpaired) electrons. The van der Waals surface area contributed by atoms with Crippen LogP contribution in [0.1, 0.15) is 0 Å². The van der Waals surface area contributed by atoms with Crippen LogP contribution in [0.15, 0.2) is 189 Å². The fraction of sp³-hybridized carbons (Fsp3) is 0. The van der Waals surface area contributed by atoms with Gasteiger partial charge in [-0.2, -0.15) is 0 Å². The van der Waals surface area contributed by atoms with Crippen LogP contribution in [0.2, 0.25) is 0 Å². The summed E-state index contributed by atoms with van der Waals surface area (Å²) in [7, 11) is 0. The molecule has 0 aliphatic rings. The lowest BCUT2D eigenvalue weighted by Crippen LogP contribution is -1.93. The predicted molar refractivity (Wildman–Crippen MR) is 244 cm³/mol. The van der Waals surface area contributed by atoms with Crippen LogP contribution in [-0.2, 0) is 0 Å². The van der Waals surface area contributed by atoms with E-state index in [1.54, 1.807) is 0 Å². The smallest absolute Gasteiger partial charge is 0.180 e. The zero-order valence-electron chi connectivity index (χ0n) is 31.8. The second kappa shape index (κ2) is 11.7. The van der Waals surface area contributed by atoms with Crippen LogP contribution in [0.5, 0.6) is 0 Å². The molecule has 0 saturated carbocycles. The van der Waals surface area contributed by atoms with Crippen LogP contribution in [0.3, 0.4) is 0 Å². The highest BCUT2D eigenvalue weighted by molar-refractivity contribution is 6.34. The van der Waals surface area contributed by atoms with Crippen molar-refractivity contribution in [3.63, 3.8) is 0 Å². The molecule has 0 saturated heterocycles. The van der Waals surface area contributed by atoms with E-state index < -0.39 is 0 Å². The van der Waals surface area contributed by atoms with E-state index in [1.165, 1.54) is 27.1 Å². The molecule has 6 heteroatoms. The molecule has 14 aromatic rings. The molecule has 0 aliphatic carbocycles. The van der Waals surface area contributed by atoms with Gasteiger partial charge in [0, 0.05) is 54.5 Å². The molecular weight excluding hydrogens is 739 g/mol. The number of nitrogens with zero attached hydrogens (tertiary/aromatic N) is 3. The van der Waals surface area contributed by atoms with E-state index in [-0.39, 0.29) is 0 Å². The average Bonchev–Trinajstić information content (AvgIpc) is 4.07. The van der Waals surface area contributed by atoms with Crippen molar-refractivity contribution in [2.75, 3.05) is 0 Å². The van der Waals surface area contributed by atoms with Crippen LogP contribution in [0.4, 0.5) is 0 Å². The summed E-state index contributed by atoms with van der Waals surface area (Å²) in [5.74, 6) is 0.606. The largest absolute Gasteiger partial charge is 0.455 e. The molecule has 0 atom stereocenters. The Hall–Kier alpha value is -8.22. The summed E-state index contributed by atoms with van der Waals surface area (Å²) in [4.78, 5) is 10.4. The Balaban J connectivity index is 1.04. The fourth-order valence-electron chi connectivity index (χ4n) is 9.66. The molecule has 6 nitrogen and oxygen atoms in total. The summed E-state index contributed by atoms with van der Waals surface area (Å²) in [5, 5.41) is 11.9. The number of benzene rings is 9. The van der Waals surface area contributed by atoms with Crippen molar-refractivity contribution in [2.24, 2.45) is 0 Å². The van der Waals surface area contributed by atoms with Crippen molar-refractivity contribution >= 4 is 109 Å². The van der Waals surface area contributed by atoms with E-state index in [0.717, 1.165) is 99.2 Å². The first-order chi connectivity index (χ1) is 29.7. The summed E-state index contributed by atoms with van der Waals surface area (Å²) in [6.45, 7) is 0. The minimum absolute atomic E-state index is 0.606. The van der Waals surface area contributed by atoms with Gasteiger partial charge in [-0.1, -0.05) is 109 Å². The number of aromatic nitrogens is 3. The maximum atomic E-state index is 6.95. The predicted octanol–water partition coefficient (Wildman–Crippen LogP) is 14.9. The molecule has 278 valence electrons. The third-order valence-electron chi connectivity index (χ3n) is 12.4. The minimum atomic E-state index is 0.606. The van der Waals surface area contributed by atoms with Crippen molar-refractivity contribution < 1.29 is 13.3 Å². The van der Waals surface area contributed by atoms with Gasteiger partial charge in [0.1, 0.15) is 39.1 Å². The van der Waals surface area contributed by atoms with Crippen molar-refractivity contribution in [3.05, 3.63) is 176 Å². The van der Waals surface area contributed by atoms with Crippen molar-refractivity contribution in [3.8, 4) is 28.3 Å². The van der Waals surface area contributed by atoms with Crippen LogP contribution in [-0.4, -0.2) is 14.5 Å². The third-order valence-corrected chi connectivity index (χ3v) is 12.4. The van der Waals surface area contributed by atoms with Crippen LogP contribution in [0.25, 0.3) is 138 Å². The normalized spacial score (nSPS) is 12.3. The molecule has 0 aliphatic heterocycles. The number of hydrogen-bond donors (Lipinski definition) is 0. The van der Waals surface area contributed by atoms with E-state index in [4.69, 9.17) is 23.2 Å². The molecular formula is C54H29N3O3. The molecule has 5 aromatic heterocycles. The Morgan fingerprint density at radius 1 is 0.367 bits per heavy atom. The van der Waals surface area contributed by atoms with Gasteiger partial charge in [-0.05, 0) is 82.9 Å². The molecule has 0 unspecified atom stereocenters. The highest BCUT2D eigenvalue weighted by Gasteiger charge is 2.24. The van der Waals surface area contributed by atoms with Gasteiger partial charge in [0.2, 0.25) is 0 Å². The van der Waals surface area contributed by atoms with Gasteiger partial charge in [0.25, 0.3) is 0 Å². The average molecular weight is 768 g/mol. The van der Waals surface area contributed by atoms with Gasteiger partial charge in [-0.3, -0.25) is 0 Å². The highest BCUT2D eigenvalue weighted by Crippen LogP contribution is 2.46. The number of furan rings is 3. The molecule has 0 amide bonds. The van der Waals surface area contributed by atoms with Crippen molar-refractivity contribution in [1.82, 2.24) is 14.5 Å². The molecule has 60 heavy (non-hydrogen) atoms. The van der Waals surface area contributed by atoms with Gasteiger partial charge in [-0.15, -0.1) is 0 Å². The summed E-state index contributed by atoms with van der Waals surface area (Å²) < 4.78 is 22.5. The first-order valence-corrected chi connectivity index (χ1v) is 20.1. The van der Waals surface area contributed by atoms with Crippen molar-refractivity contribution in [1.29, 1.82) is 0 Å². The second-order valence-electron chi connectivity index (χ2n) is 15.7. The quantitative estimate of drug-likeness (QED) is 0.179. The number of hydrogen-bond acceptors (Lipinski definition) is 5. The Labute approximate surface area is 340 Å². The van der Waals surface area contributed by atoms with Crippen LogP contribution >= 0.6 is 0 Å². The topological polar surface area (TPSA) is 70.1 Å². The molecule has 5 heterocycles. The minimum Gasteiger partial charge on any atom is -0.455 e. The lowest BCUT2D eigenvalue weighted by atomic mass is 9.99. The molecule has 9 aromatic carbocycles. The summed E-state index contributed by atoms with van der Waals surface area (Å²) in [5.41, 5.74) is 11.4. The number of rotatable bonds is 3. The van der Waals surface area contributed by atoms with E-state index in [1.807, 2.05) is 48.5 Å². The monoisotopic (exact) mass is 767 g/mol. The Bertz CT molecular complexity index is 4130. The second-order valence-corrected chi connectivity index (χ2v) is 15.7. The van der Waals surface area contributed by atoms with Crippen LogP contribution in [0, 0.1) is 0 Å². The van der Waals surface area contributed by atoms with E-state index in [2.05, 4.69) is 132 Å². The molecule has 0 bridgehead atoms. The maximum Gasteiger partial charge on any atom is 0.180 e. The first-order valence-electron chi connectivity index (χ1n) is 20.1. The van der Waals surface area contributed by atoms with E-state index in [0.29, 0.717) is 11.4 Å². The standard InChI is InChI=1S/C54H29N3O3/c1-2-12-30(13-3-1)49-53-50(38-19-9-11-21-44(38)60-53)56-54(55-49)33-22-24-45-40(27-33)48-51(58-45)37-18-7-6-17-36(37)47-41-29-34(23-25-46(41)59-52(47)48)57-42-20-10-8-16-35(42)39-26-31-14-4-5-15-32(31)28-43(39)57/h1-29H. The zero-order valence-corrected chi connectivity index (χ0v) is 31.8. The number of para-hydroxylation sites is 2. The lowest BCUT2D eigenvalue weighted by molar-refractivity contribution is 0.665. The third kappa shape index (κ3) is 4.31. The lowest BCUT2D eigenvalue weighted by Gasteiger charge is -2.09. The fourth-order valence-corrected chi connectivity index (χ4v) is 9.66.